The summed E-state index contributed by atoms with van der Waals surface area (Å²) in [4.78, 5) is 62.4. The Labute approximate surface area is 184 Å². The molecule has 0 aromatic heterocycles. The maximum Gasteiger partial charge on any atom is 0.326 e. The molecule has 0 spiro atoms. The van der Waals surface area contributed by atoms with Crippen LogP contribution in [-0.2, 0) is 24.0 Å². The average molecular weight is 463 g/mol. The lowest BCUT2D eigenvalue weighted by Crippen LogP contribution is -2.57. The third-order valence-corrected chi connectivity index (χ3v) is 4.25. The first-order valence-corrected chi connectivity index (χ1v) is 9.86. The van der Waals surface area contributed by atoms with Crippen molar-refractivity contribution < 1.29 is 29.1 Å². The first kappa shape index (κ1) is 27.9. The number of primary amides is 1. The van der Waals surface area contributed by atoms with Gasteiger partial charge in [0.2, 0.25) is 23.6 Å². The van der Waals surface area contributed by atoms with E-state index in [0.29, 0.717) is 6.42 Å². The molecule has 176 valence electrons. The summed E-state index contributed by atoms with van der Waals surface area (Å²) in [7, 11) is 0. The summed E-state index contributed by atoms with van der Waals surface area (Å²) in [6.07, 6.45) is -0.0570. The number of amides is 4. The number of aliphatic imine (C=N–C) groups is 1. The third-order valence-electron chi connectivity index (χ3n) is 3.89. The summed E-state index contributed by atoms with van der Waals surface area (Å²) in [6.45, 7) is 1.52. The van der Waals surface area contributed by atoms with Gasteiger partial charge in [0.25, 0.3) is 0 Å². The zero-order valence-corrected chi connectivity index (χ0v) is 17.9. The summed E-state index contributed by atoms with van der Waals surface area (Å²) in [5.41, 5.74) is 20.8. The largest absolute Gasteiger partial charge is 0.480 e. The van der Waals surface area contributed by atoms with E-state index in [2.05, 4.69) is 33.6 Å². The minimum atomic E-state index is -1.27. The van der Waals surface area contributed by atoms with Gasteiger partial charge in [-0.1, -0.05) is 0 Å². The Hall–Kier alpha value is -3.07. The Morgan fingerprint density at radius 3 is 2.03 bits per heavy atom. The maximum absolute atomic E-state index is 12.4. The van der Waals surface area contributed by atoms with E-state index in [1.165, 1.54) is 6.92 Å². The fraction of sp³-hybridized carbons (Fsp3) is 0.625. The van der Waals surface area contributed by atoms with Crippen molar-refractivity contribution in [1.29, 1.82) is 0 Å². The highest BCUT2D eigenvalue weighted by Gasteiger charge is 2.28. The van der Waals surface area contributed by atoms with Gasteiger partial charge in [0.05, 0.1) is 12.5 Å². The van der Waals surface area contributed by atoms with E-state index >= 15 is 0 Å². The van der Waals surface area contributed by atoms with Crippen LogP contribution in [0.4, 0.5) is 0 Å². The number of hydrogen-bond donors (Lipinski definition) is 9. The molecule has 0 aliphatic carbocycles. The molecule has 14 nitrogen and oxygen atoms in total. The van der Waals surface area contributed by atoms with Crippen molar-refractivity contribution >= 4 is 48.2 Å². The molecule has 0 saturated heterocycles. The molecule has 0 fully saturated rings. The molecule has 0 saturated carbocycles. The van der Waals surface area contributed by atoms with Crippen LogP contribution in [0.15, 0.2) is 4.99 Å². The topological polar surface area (TPSA) is 258 Å². The van der Waals surface area contributed by atoms with Gasteiger partial charge >= 0.3 is 5.97 Å². The molecular weight excluding hydrogens is 432 g/mol. The molecule has 4 unspecified atom stereocenters. The molecule has 15 heteroatoms. The Morgan fingerprint density at radius 2 is 1.55 bits per heavy atom. The van der Waals surface area contributed by atoms with Crippen molar-refractivity contribution in [2.24, 2.45) is 27.9 Å². The second-order valence-electron chi connectivity index (χ2n) is 6.60. The number of aliphatic carboxylic acids is 1. The second-order valence-corrected chi connectivity index (χ2v) is 6.96. The number of carboxylic acids is 1. The average Bonchev–Trinajstić information content (AvgIpc) is 2.66. The molecule has 0 radical (unpaired) electrons. The zero-order chi connectivity index (χ0) is 24.1. The van der Waals surface area contributed by atoms with Crippen molar-refractivity contribution in [3.63, 3.8) is 0 Å². The lowest BCUT2D eigenvalue weighted by Gasteiger charge is -2.22. The van der Waals surface area contributed by atoms with Gasteiger partial charge in [-0.05, 0) is 19.8 Å². The number of rotatable bonds is 14. The molecule has 0 aliphatic heterocycles. The first-order chi connectivity index (χ1) is 14.4. The predicted molar refractivity (Wildman–Crippen MR) is 115 cm³/mol. The monoisotopic (exact) mass is 462 g/mol. The van der Waals surface area contributed by atoms with Crippen LogP contribution in [0.3, 0.4) is 0 Å². The summed E-state index contributed by atoms with van der Waals surface area (Å²) >= 11 is 3.99. The van der Waals surface area contributed by atoms with Gasteiger partial charge < -0.3 is 44.0 Å². The van der Waals surface area contributed by atoms with Gasteiger partial charge in [-0.15, -0.1) is 0 Å². The van der Waals surface area contributed by atoms with Crippen LogP contribution in [0, 0.1) is 0 Å². The molecular formula is C16H30N8O6S. The van der Waals surface area contributed by atoms with E-state index in [4.69, 9.17) is 22.9 Å². The number of carboxylic acid groups (broad SMARTS) is 1. The fourth-order valence-corrected chi connectivity index (χ4v) is 2.48. The Balaban J connectivity index is 4.82. The Kier molecular flexibility index (Phi) is 12.6. The molecule has 0 aromatic carbocycles. The molecule has 12 N–H and O–H groups in total. The number of nitrogens with one attached hydrogen (secondary N) is 3. The number of thiol groups is 1. The highest BCUT2D eigenvalue weighted by atomic mass is 32.1. The molecule has 4 amide bonds. The van der Waals surface area contributed by atoms with Crippen molar-refractivity contribution in [3.8, 4) is 0 Å². The number of carbonyl (C=O) groups is 5. The summed E-state index contributed by atoms with van der Waals surface area (Å²) in [5, 5.41) is 16.2. The lowest BCUT2D eigenvalue weighted by molar-refractivity contribution is -0.142. The number of nitrogens with zero attached hydrogens (tertiary/aromatic N) is 1. The normalized spacial score (nSPS) is 14.3. The fourth-order valence-electron chi connectivity index (χ4n) is 2.22. The van der Waals surface area contributed by atoms with Crippen LogP contribution in [0.2, 0.25) is 0 Å². The van der Waals surface area contributed by atoms with Crippen molar-refractivity contribution in [2.75, 3.05) is 12.3 Å². The molecule has 31 heavy (non-hydrogen) atoms. The highest BCUT2D eigenvalue weighted by molar-refractivity contribution is 7.80. The molecule has 0 rings (SSSR count). The molecule has 0 aliphatic rings. The van der Waals surface area contributed by atoms with E-state index in [0.717, 1.165) is 0 Å². The van der Waals surface area contributed by atoms with Crippen molar-refractivity contribution in [2.45, 2.75) is 50.4 Å². The predicted octanol–water partition coefficient (Wildman–Crippen LogP) is -4.27. The first-order valence-electron chi connectivity index (χ1n) is 9.23. The SMILES string of the molecule is CC(NC(=O)C(N)CC(N)=O)C(=O)NC(CS)C(=O)NC(CCCN=C(N)N)C(=O)O. The summed E-state index contributed by atoms with van der Waals surface area (Å²) in [6, 6.07) is -4.73. The van der Waals surface area contributed by atoms with Gasteiger partial charge in [0, 0.05) is 12.3 Å². The van der Waals surface area contributed by atoms with E-state index in [1.54, 1.807) is 0 Å². The molecule has 0 bridgehead atoms. The van der Waals surface area contributed by atoms with Gasteiger partial charge in [0.1, 0.15) is 18.1 Å². The van der Waals surface area contributed by atoms with Gasteiger partial charge in [-0.3, -0.25) is 24.2 Å². The van der Waals surface area contributed by atoms with Crippen LogP contribution >= 0.6 is 12.6 Å². The smallest absolute Gasteiger partial charge is 0.326 e. The van der Waals surface area contributed by atoms with E-state index < -0.39 is 60.2 Å². The maximum atomic E-state index is 12.4. The lowest BCUT2D eigenvalue weighted by atomic mass is 10.1. The molecule has 0 heterocycles. The highest BCUT2D eigenvalue weighted by Crippen LogP contribution is 2.01. The van der Waals surface area contributed by atoms with Crippen molar-refractivity contribution in [1.82, 2.24) is 16.0 Å². The zero-order valence-electron chi connectivity index (χ0n) is 17.0. The number of hydrogen-bond acceptors (Lipinski definition) is 8. The van der Waals surface area contributed by atoms with Crippen LogP contribution in [0.5, 0.6) is 0 Å². The van der Waals surface area contributed by atoms with Gasteiger partial charge in [-0.2, -0.15) is 12.6 Å². The van der Waals surface area contributed by atoms with E-state index in [-0.39, 0.29) is 24.7 Å². The molecule has 0 aromatic rings. The number of guanidine groups is 1. The minimum absolute atomic E-state index is 0.0509. The Morgan fingerprint density at radius 1 is 0.968 bits per heavy atom. The van der Waals surface area contributed by atoms with Gasteiger partial charge in [-0.25, -0.2) is 4.79 Å². The van der Waals surface area contributed by atoms with Crippen LogP contribution in [0.25, 0.3) is 0 Å². The third kappa shape index (κ3) is 11.6. The summed E-state index contributed by atoms with van der Waals surface area (Å²) < 4.78 is 0. The number of nitrogens with two attached hydrogens (primary N) is 4. The quantitative estimate of drug-likeness (QED) is 0.0523. The Bertz CT molecular complexity index is 700. The van der Waals surface area contributed by atoms with Gasteiger partial charge in [0.15, 0.2) is 5.96 Å². The van der Waals surface area contributed by atoms with Crippen LogP contribution < -0.4 is 38.9 Å². The standard InChI is InChI=1S/C16H30N8O6S/c1-7(22-13(27)8(17)5-11(18)25)12(26)24-10(6-31)14(28)23-9(15(29)30)3-2-4-21-16(19)20/h7-10,31H,2-6,17H2,1H3,(H2,18,25)(H,22,27)(H,23,28)(H,24,26)(H,29,30)(H4,19,20,21). The second kappa shape index (κ2) is 14.0. The molecule has 4 atom stereocenters. The minimum Gasteiger partial charge on any atom is -0.480 e. The van der Waals surface area contributed by atoms with E-state index in [1.807, 2.05) is 0 Å². The van der Waals surface area contributed by atoms with Crippen LogP contribution in [-0.4, -0.2) is 77.1 Å². The van der Waals surface area contributed by atoms with Crippen molar-refractivity contribution in [3.05, 3.63) is 0 Å². The van der Waals surface area contributed by atoms with Crippen LogP contribution in [0.1, 0.15) is 26.2 Å². The number of carbonyl (C=O) groups excluding carboxylic acids is 4. The summed E-state index contributed by atoms with van der Waals surface area (Å²) in [5.74, 6) is -4.62. The van der Waals surface area contributed by atoms with E-state index in [9.17, 15) is 29.1 Å².